The van der Waals surface area contributed by atoms with Gasteiger partial charge in [0, 0.05) is 11.5 Å². The molecule has 0 bridgehead atoms. The van der Waals surface area contributed by atoms with Crippen molar-refractivity contribution in [2.24, 2.45) is 0 Å². The van der Waals surface area contributed by atoms with Crippen molar-refractivity contribution in [2.75, 3.05) is 11.5 Å². The smallest absolute Gasteiger partial charge is 1.00 e. The summed E-state index contributed by atoms with van der Waals surface area (Å²) < 4.78 is 0. The number of carbonyl (C=O) groups is 2. The Labute approximate surface area is 236 Å². The van der Waals surface area contributed by atoms with Crippen molar-refractivity contribution < 1.29 is 50.8 Å². The zero-order chi connectivity index (χ0) is 23.9. The molecule has 4 nitrogen and oxygen atoms in total. The van der Waals surface area contributed by atoms with Crippen molar-refractivity contribution in [3.05, 3.63) is 0 Å². The fourth-order valence-electron chi connectivity index (χ4n) is 3.86. The molecule has 192 valence electrons. The van der Waals surface area contributed by atoms with Crippen molar-refractivity contribution in [1.82, 2.24) is 0 Å². The number of unbranched alkanes of at least 4 members (excludes halogenated alkanes) is 14. The molecule has 0 heterocycles. The molecule has 2 unspecified atom stereocenters. The summed E-state index contributed by atoms with van der Waals surface area (Å²) in [6.07, 6.45) is 20.9. The van der Waals surface area contributed by atoms with Crippen LogP contribution in [-0.4, -0.2) is 44.2 Å². The van der Waals surface area contributed by atoms with Crippen molar-refractivity contribution >= 4 is 35.5 Å². The minimum Gasteiger partial charge on any atom is -1.00 e. The second-order valence-corrected chi connectivity index (χ2v) is 11.5. The largest absolute Gasteiger partial charge is 1.00 e. The number of rotatable bonds is 25. The van der Waals surface area contributed by atoms with Crippen LogP contribution in [0.25, 0.3) is 0 Å². The molecule has 0 aliphatic carbocycles. The van der Waals surface area contributed by atoms with Gasteiger partial charge in [0.15, 0.2) is 0 Å². The van der Waals surface area contributed by atoms with E-state index in [4.69, 9.17) is 0 Å². The first-order valence-electron chi connectivity index (χ1n) is 13.2. The standard InChI is InChI=1S/C26H50O4S2.Na.H/c1-3-5-7-9-11-13-15-17-19-23(25(27)28)31-21-22-32-24(26(29)30)20-18-16-14-12-10-8-6-4-2;;/h23-24H,3-22H2,1-2H3,(H,27,28)(H,29,30);;/q;+1;-1. The van der Waals surface area contributed by atoms with E-state index >= 15 is 0 Å². The second-order valence-electron chi connectivity index (χ2n) is 8.92. The van der Waals surface area contributed by atoms with Crippen LogP contribution in [0.1, 0.15) is 131 Å². The molecule has 0 aliphatic rings. The Hall–Kier alpha value is 0.640. The predicted octanol–water partition coefficient (Wildman–Crippen LogP) is 5.54. The number of carboxylic acid groups (broad SMARTS) is 2. The van der Waals surface area contributed by atoms with E-state index in [2.05, 4.69) is 13.8 Å². The third kappa shape index (κ3) is 24.1. The zero-order valence-electron chi connectivity index (χ0n) is 22.8. The van der Waals surface area contributed by atoms with Crippen LogP contribution >= 0.6 is 23.5 Å². The number of carboxylic acids is 2. The van der Waals surface area contributed by atoms with E-state index in [9.17, 15) is 19.8 Å². The van der Waals surface area contributed by atoms with E-state index in [0.717, 1.165) is 38.5 Å². The molecule has 0 rings (SSSR count). The Kier molecular flexibility index (Phi) is 29.5. The predicted molar refractivity (Wildman–Crippen MR) is 143 cm³/mol. The summed E-state index contributed by atoms with van der Waals surface area (Å²) in [5.41, 5.74) is 0. The first kappa shape index (κ1) is 35.8. The fourth-order valence-corrected chi connectivity index (χ4v) is 6.15. The van der Waals surface area contributed by atoms with Gasteiger partial charge in [-0.1, -0.05) is 117 Å². The van der Waals surface area contributed by atoms with Crippen molar-refractivity contribution in [3.8, 4) is 0 Å². The Bertz CT molecular complexity index is 419. The van der Waals surface area contributed by atoms with Gasteiger partial charge in [-0.05, 0) is 12.8 Å². The number of hydrogen-bond acceptors (Lipinski definition) is 4. The number of aliphatic carboxylic acids is 2. The van der Waals surface area contributed by atoms with Gasteiger partial charge in [-0.25, -0.2) is 0 Å². The van der Waals surface area contributed by atoms with Gasteiger partial charge in [-0.15, -0.1) is 23.5 Å². The van der Waals surface area contributed by atoms with Crippen molar-refractivity contribution in [2.45, 2.75) is 140 Å². The summed E-state index contributed by atoms with van der Waals surface area (Å²) in [6.45, 7) is 4.45. The SMILES string of the molecule is CCCCCCCCCCC(SCCSC(CCCCCCCCCC)C(=O)O)C(=O)O.[H-].[Na+]. The molecule has 0 aromatic rings. The summed E-state index contributed by atoms with van der Waals surface area (Å²) >= 11 is 2.97. The molecule has 0 fully saturated rings. The van der Waals surface area contributed by atoms with Crippen LogP contribution in [0.15, 0.2) is 0 Å². The summed E-state index contributed by atoms with van der Waals surface area (Å²) in [6, 6.07) is 0. The first-order chi connectivity index (χ1) is 15.5. The van der Waals surface area contributed by atoms with Gasteiger partial charge in [0.2, 0.25) is 0 Å². The van der Waals surface area contributed by atoms with Crippen LogP contribution in [0.2, 0.25) is 0 Å². The van der Waals surface area contributed by atoms with E-state index in [0.29, 0.717) is 11.5 Å². The average Bonchev–Trinajstić information content (AvgIpc) is 2.76. The molecular weight excluding hydrogens is 463 g/mol. The molecule has 7 heteroatoms. The topological polar surface area (TPSA) is 74.6 Å². The van der Waals surface area contributed by atoms with Gasteiger partial charge >= 0.3 is 41.5 Å². The van der Waals surface area contributed by atoms with E-state index in [1.807, 2.05) is 0 Å². The van der Waals surface area contributed by atoms with Crippen LogP contribution in [0.4, 0.5) is 0 Å². The Morgan fingerprint density at radius 1 is 0.576 bits per heavy atom. The molecular formula is C26H51NaO4S2. The number of thioether (sulfide) groups is 2. The van der Waals surface area contributed by atoms with Gasteiger partial charge in [0.05, 0.1) is 0 Å². The monoisotopic (exact) mass is 514 g/mol. The molecule has 0 spiro atoms. The molecule has 2 atom stereocenters. The van der Waals surface area contributed by atoms with Crippen molar-refractivity contribution in [3.63, 3.8) is 0 Å². The quantitative estimate of drug-likeness (QED) is 0.123. The minimum absolute atomic E-state index is 0. The molecule has 0 aromatic heterocycles. The van der Waals surface area contributed by atoms with Crippen LogP contribution in [0.3, 0.4) is 0 Å². The Morgan fingerprint density at radius 3 is 1.12 bits per heavy atom. The maximum atomic E-state index is 11.5. The zero-order valence-corrected chi connectivity index (χ0v) is 25.5. The maximum absolute atomic E-state index is 11.5. The molecule has 0 saturated heterocycles. The van der Waals surface area contributed by atoms with Crippen LogP contribution < -0.4 is 29.6 Å². The van der Waals surface area contributed by atoms with Gasteiger partial charge in [-0.2, -0.15) is 0 Å². The molecule has 0 amide bonds. The normalized spacial score (nSPS) is 12.8. The molecule has 2 N–H and O–H groups in total. The molecule has 0 aromatic carbocycles. The van der Waals surface area contributed by atoms with Gasteiger partial charge in [0.1, 0.15) is 10.5 Å². The van der Waals surface area contributed by atoms with Crippen molar-refractivity contribution in [1.29, 1.82) is 0 Å². The van der Waals surface area contributed by atoms with Gasteiger partial charge < -0.3 is 11.6 Å². The molecule has 0 radical (unpaired) electrons. The van der Waals surface area contributed by atoms with E-state index in [1.54, 1.807) is 0 Å². The molecule has 0 aliphatic heterocycles. The summed E-state index contributed by atoms with van der Waals surface area (Å²) in [5, 5.41) is 18.3. The van der Waals surface area contributed by atoms with E-state index < -0.39 is 11.9 Å². The summed E-state index contributed by atoms with van der Waals surface area (Å²) in [5.74, 6) is -0.0342. The van der Waals surface area contributed by atoms with Gasteiger partial charge in [-0.3, -0.25) is 9.59 Å². The number of hydrogen-bond donors (Lipinski definition) is 2. The Morgan fingerprint density at radius 2 is 0.848 bits per heavy atom. The third-order valence-electron chi connectivity index (χ3n) is 5.91. The minimum atomic E-state index is -0.725. The van der Waals surface area contributed by atoms with Gasteiger partial charge in [0.25, 0.3) is 0 Å². The maximum Gasteiger partial charge on any atom is 1.00 e. The second kappa shape index (κ2) is 27.2. The molecule has 33 heavy (non-hydrogen) atoms. The summed E-state index contributed by atoms with van der Waals surface area (Å²) in [7, 11) is 0. The van der Waals surface area contributed by atoms with Crippen LogP contribution in [-0.2, 0) is 9.59 Å². The van der Waals surface area contributed by atoms with E-state index in [-0.39, 0.29) is 41.5 Å². The first-order valence-corrected chi connectivity index (χ1v) is 15.3. The Balaban J connectivity index is -0.00000480. The van der Waals surface area contributed by atoms with E-state index in [1.165, 1.54) is 101 Å². The third-order valence-corrected chi connectivity index (χ3v) is 8.73. The van der Waals surface area contributed by atoms with Crippen LogP contribution in [0, 0.1) is 0 Å². The van der Waals surface area contributed by atoms with Crippen LogP contribution in [0.5, 0.6) is 0 Å². The average molecular weight is 515 g/mol. The summed E-state index contributed by atoms with van der Waals surface area (Å²) in [4.78, 5) is 23.1. The fraction of sp³-hybridized carbons (Fsp3) is 0.923. The molecule has 0 saturated carbocycles.